The van der Waals surface area contributed by atoms with Gasteiger partial charge in [-0.25, -0.2) is 0 Å². The van der Waals surface area contributed by atoms with Crippen LogP contribution in [0.25, 0.3) is 0 Å². The third-order valence-electron chi connectivity index (χ3n) is 3.54. The Morgan fingerprint density at radius 3 is 1.88 bits per heavy atom. The van der Waals surface area contributed by atoms with Gasteiger partial charge in [0.2, 0.25) is 0 Å². The SMILES string of the molecule is CC(O)(Cc1ccccc1)c1ccccc1.CCCCS(=O)(=O)O. The Balaban J connectivity index is 0.000000307. The van der Waals surface area contributed by atoms with E-state index in [-0.39, 0.29) is 5.75 Å². The van der Waals surface area contributed by atoms with Crippen molar-refractivity contribution >= 4 is 10.1 Å². The molecule has 0 spiro atoms. The highest BCUT2D eigenvalue weighted by molar-refractivity contribution is 7.85. The van der Waals surface area contributed by atoms with Crippen LogP contribution in [0.5, 0.6) is 0 Å². The number of aliphatic hydroxyl groups is 1. The Morgan fingerprint density at radius 2 is 1.46 bits per heavy atom. The van der Waals surface area contributed by atoms with Gasteiger partial charge in [0.25, 0.3) is 10.1 Å². The fraction of sp³-hybridized carbons (Fsp3) is 0.368. The van der Waals surface area contributed by atoms with E-state index in [9.17, 15) is 13.5 Å². The van der Waals surface area contributed by atoms with Crippen LogP contribution in [-0.4, -0.2) is 23.8 Å². The molecule has 0 heterocycles. The third-order valence-corrected chi connectivity index (χ3v) is 4.35. The largest absolute Gasteiger partial charge is 0.385 e. The molecule has 0 radical (unpaired) electrons. The molecular weight excluding hydrogens is 324 g/mol. The van der Waals surface area contributed by atoms with Gasteiger partial charge in [-0.3, -0.25) is 4.55 Å². The predicted octanol–water partition coefficient (Wildman–Crippen LogP) is 3.81. The number of rotatable bonds is 6. The van der Waals surface area contributed by atoms with E-state index in [4.69, 9.17) is 4.55 Å². The fourth-order valence-corrected chi connectivity index (χ4v) is 2.87. The second-order valence-corrected chi connectivity index (χ2v) is 7.51. The zero-order valence-electron chi connectivity index (χ0n) is 14.2. The van der Waals surface area contributed by atoms with Crippen molar-refractivity contribution in [3.63, 3.8) is 0 Å². The molecule has 1 atom stereocenters. The zero-order valence-corrected chi connectivity index (χ0v) is 15.0. The molecule has 24 heavy (non-hydrogen) atoms. The smallest absolute Gasteiger partial charge is 0.264 e. The molecular formula is C19H26O4S. The predicted molar refractivity (Wildman–Crippen MR) is 97.5 cm³/mol. The third kappa shape index (κ3) is 8.24. The average Bonchev–Trinajstić information content (AvgIpc) is 2.54. The van der Waals surface area contributed by atoms with Gasteiger partial charge in [-0.1, -0.05) is 74.0 Å². The van der Waals surface area contributed by atoms with E-state index in [1.165, 1.54) is 0 Å². The van der Waals surface area contributed by atoms with Crippen molar-refractivity contribution in [1.82, 2.24) is 0 Å². The normalized spacial score (nSPS) is 13.5. The molecule has 0 aromatic heterocycles. The standard InChI is InChI=1S/C15H16O.C4H10O3S/c1-15(16,14-10-6-3-7-11-14)12-13-8-4-2-5-9-13;1-2-3-4-8(5,6)7/h2-11,16H,12H2,1H3;2-4H2,1H3,(H,5,6,7). The van der Waals surface area contributed by atoms with Crippen LogP contribution in [0.4, 0.5) is 0 Å². The van der Waals surface area contributed by atoms with Crippen molar-refractivity contribution in [2.75, 3.05) is 5.75 Å². The molecule has 4 nitrogen and oxygen atoms in total. The summed E-state index contributed by atoms with van der Waals surface area (Å²) in [5, 5.41) is 10.4. The summed E-state index contributed by atoms with van der Waals surface area (Å²) in [6.07, 6.45) is 1.97. The van der Waals surface area contributed by atoms with Crippen LogP contribution in [0.15, 0.2) is 60.7 Å². The van der Waals surface area contributed by atoms with Crippen LogP contribution < -0.4 is 0 Å². The first-order valence-electron chi connectivity index (χ1n) is 8.01. The number of hydrogen-bond acceptors (Lipinski definition) is 3. The van der Waals surface area contributed by atoms with E-state index in [0.29, 0.717) is 12.8 Å². The Labute approximate surface area is 144 Å². The lowest BCUT2D eigenvalue weighted by Gasteiger charge is -2.23. The van der Waals surface area contributed by atoms with E-state index < -0.39 is 15.7 Å². The van der Waals surface area contributed by atoms with Crippen LogP contribution in [0, 0.1) is 0 Å². The summed E-state index contributed by atoms with van der Waals surface area (Å²) in [4.78, 5) is 0. The maximum Gasteiger partial charge on any atom is 0.264 e. The van der Waals surface area contributed by atoms with E-state index in [1.54, 1.807) is 0 Å². The van der Waals surface area contributed by atoms with Crippen LogP contribution in [0.3, 0.4) is 0 Å². The minimum Gasteiger partial charge on any atom is -0.385 e. The van der Waals surface area contributed by atoms with Gasteiger partial charge in [-0.2, -0.15) is 8.42 Å². The highest BCUT2D eigenvalue weighted by Crippen LogP contribution is 2.24. The van der Waals surface area contributed by atoms with Gasteiger partial charge in [0.15, 0.2) is 0 Å². The lowest BCUT2D eigenvalue weighted by molar-refractivity contribution is 0.0576. The molecule has 0 saturated carbocycles. The molecule has 2 aromatic rings. The number of benzene rings is 2. The van der Waals surface area contributed by atoms with E-state index in [0.717, 1.165) is 17.5 Å². The van der Waals surface area contributed by atoms with Gasteiger partial charge in [-0.15, -0.1) is 0 Å². The molecule has 2 aromatic carbocycles. The maximum absolute atomic E-state index is 10.4. The van der Waals surface area contributed by atoms with Crippen molar-refractivity contribution in [2.45, 2.75) is 38.7 Å². The van der Waals surface area contributed by atoms with Crippen molar-refractivity contribution < 1.29 is 18.1 Å². The van der Waals surface area contributed by atoms with Crippen LogP contribution in [0.2, 0.25) is 0 Å². The topological polar surface area (TPSA) is 74.6 Å². The number of unbranched alkanes of at least 4 members (excludes halogenated alkanes) is 1. The van der Waals surface area contributed by atoms with Crippen LogP contribution in [0.1, 0.15) is 37.8 Å². The minimum atomic E-state index is -3.69. The van der Waals surface area contributed by atoms with Gasteiger partial charge in [0.1, 0.15) is 0 Å². The second-order valence-electron chi connectivity index (χ2n) is 5.94. The molecule has 0 fully saturated rings. The summed E-state index contributed by atoms with van der Waals surface area (Å²) in [5.74, 6) is -0.108. The van der Waals surface area contributed by atoms with Crippen molar-refractivity contribution in [3.05, 3.63) is 71.8 Å². The monoisotopic (exact) mass is 350 g/mol. The zero-order chi connectivity index (χ0) is 18.1. The molecule has 2 N–H and O–H groups in total. The summed E-state index contributed by atoms with van der Waals surface area (Å²) in [5.41, 5.74) is 1.30. The van der Waals surface area contributed by atoms with E-state index >= 15 is 0 Å². The highest BCUT2D eigenvalue weighted by Gasteiger charge is 2.22. The molecule has 0 amide bonds. The first-order chi connectivity index (χ1) is 11.2. The average molecular weight is 350 g/mol. The molecule has 0 aliphatic rings. The molecule has 2 rings (SSSR count). The van der Waals surface area contributed by atoms with E-state index in [2.05, 4.69) is 0 Å². The summed E-state index contributed by atoms with van der Waals surface area (Å²) in [7, 11) is -3.69. The quantitative estimate of drug-likeness (QED) is 0.777. The molecule has 1 unspecified atom stereocenters. The van der Waals surface area contributed by atoms with Gasteiger partial charge < -0.3 is 5.11 Å². The fourth-order valence-electron chi connectivity index (χ4n) is 2.22. The Bertz CT molecular complexity index is 680. The Kier molecular flexibility index (Phi) is 8.11. The van der Waals surface area contributed by atoms with E-state index in [1.807, 2.05) is 74.5 Å². The summed E-state index contributed by atoms with van der Waals surface area (Å²) < 4.78 is 28.0. The van der Waals surface area contributed by atoms with Gasteiger partial charge in [-0.05, 0) is 24.5 Å². The van der Waals surface area contributed by atoms with Gasteiger partial charge >= 0.3 is 0 Å². The molecule has 0 aliphatic carbocycles. The van der Waals surface area contributed by atoms with Crippen molar-refractivity contribution in [3.8, 4) is 0 Å². The summed E-state index contributed by atoms with van der Waals surface area (Å²) in [6, 6.07) is 19.8. The Hall–Kier alpha value is -1.69. The molecule has 5 heteroatoms. The lowest BCUT2D eigenvalue weighted by Crippen LogP contribution is -2.24. The molecule has 0 bridgehead atoms. The number of hydrogen-bond donors (Lipinski definition) is 2. The van der Waals surface area contributed by atoms with Crippen molar-refractivity contribution in [2.24, 2.45) is 0 Å². The molecule has 0 saturated heterocycles. The lowest BCUT2D eigenvalue weighted by atomic mass is 9.89. The highest BCUT2D eigenvalue weighted by atomic mass is 32.2. The maximum atomic E-state index is 10.4. The molecule has 0 aliphatic heterocycles. The summed E-state index contributed by atoms with van der Waals surface area (Å²) >= 11 is 0. The minimum absolute atomic E-state index is 0.108. The van der Waals surface area contributed by atoms with Crippen molar-refractivity contribution in [1.29, 1.82) is 0 Å². The Morgan fingerprint density at radius 1 is 0.958 bits per heavy atom. The van der Waals surface area contributed by atoms with Crippen LogP contribution >= 0.6 is 0 Å². The summed E-state index contributed by atoms with van der Waals surface area (Å²) in [6.45, 7) is 3.72. The molecule has 132 valence electrons. The van der Waals surface area contributed by atoms with Crippen LogP contribution in [-0.2, 0) is 22.1 Å². The first kappa shape index (κ1) is 20.4. The van der Waals surface area contributed by atoms with Gasteiger partial charge in [0.05, 0.1) is 11.4 Å². The second kappa shape index (κ2) is 9.57. The first-order valence-corrected chi connectivity index (χ1v) is 9.62. The van der Waals surface area contributed by atoms with Gasteiger partial charge in [0, 0.05) is 6.42 Å².